The SMILES string of the molecule is N#CCCC1C2CC(CC#N)C(C2)C1C#N. The summed E-state index contributed by atoms with van der Waals surface area (Å²) in [7, 11) is 0. The van der Waals surface area contributed by atoms with Gasteiger partial charge >= 0.3 is 0 Å². The van der Waals surface area contributed by atoms with E-state index in [0.717, 1.165) is 19.3 Å². The van der Waals surface area contributed by atoms with Crippen molar-refractivity contribution in [3.63, 3.8) is 0 Å². The van der Waals surface area contributed by atoms with E-state index in [0.29, 0.717) is 36.5 Å². The van der Waals surface area contributed by atoms with E-state index in [-0.39, 0.29) is 5.92 Å². The highest BCUT2D eigenvalue weighted by atomic mass is 14.6. The fourth-order valence-electron chi connectivity index (χ4n) is 3.79. The lowest BCUT2D eigenvalue weighted by atomic mass is 9.72. The van der Waals surface area contributed by atoms with Crippen molar-refractivity contribution < 1.29 is 0 Å². The maximum Gasteiger partial charge on any atom is 0.0661 e. The second kappa shape index (κ2) is 4.54. The first-order valence-corrected chi connectivity index (χ1v) is 5.95. The third-order valence-electron chi connectivity index (χ3n) is 4.41. The van der Waals surface area contributed by atoms with Crippen LogP contribution in [0.3, 0.4) is 0 Å². The van der Waals surface area contributed by atoms with Crippen molar-refractivity contribution in [3.05, 3.63) is 0 Å². The van der Waals surface area contributed by atoms with E-state index in [9.17, 15) is 5.26 Å². The Bertz CT molecular complexity index is 377. The summed E-state index contributed by atoms with van der Waals surface area (Å²) in [6, 6.07) is 6.83. The molecule has 0 saturated heterocycles. The van der Waals surface area contributed by atoms with Crippen LogP contribution in [0.15, 0.2) is 0 Å². The molecule has 0 amide bonds. The fraction of sp³-hybridized carbons (Fsp3) is 0.769. The van der Waals surface area contributed by atoms with E-state index in [1.54, 1.807) is 0 Å². The van der Waals surface area contributed by atoms with Crippen LogP contribution in [0.1, 0.15) is 32.1 Å². The van der Waals surface area contributed by atoms with Crippen molar-refractivity contribution in [2.75, 3.05) is 0 Å². The summed E-state index contributed by atoms with van der Waals surface area (Å²) in [5.74, 6) is 1.99. The molecular formula is C13H15N3. The van der Waals surface area contributed by atoms with Crippen molar-refractivity contribution in [1.29, 1.82) is 15.8 Å². The van der Waals surface area contributed by atoms with Crippen LogP contribution in [-0.2, 0) is 0 Å². The van der Waals surface area contributed by atoms with E-state index in [2.05, 4.69) is 18.2 Å². The lowest BCUT2D eigenvalue weighted by Gasteiger charge is -2.30. The Hall–Kier alpha value is -1.53. The Labute approximate surface area is 96.3 Å². The fourth-order valence-corrected chi connectivity index (χ4v) is 3.79. The van der Waals surface area contributed by atoms with E-state index < -0.39 is 0 Å². The number of hydrogen-bond acceptors (Lipinski definition) is 3. The predicted octanol–water partition coefficient (Wildman–Crippen LogP) is 2.62. The minimum atomic E-state index is 0.102. The Morgan fingerprint density at radius 1 is 1.06 bits per heavy atom. The van der Waals surface area contributed by atoms with Gasteiger partial charge in [-0.3, -0.25) is 0 Å². The Morgan fingerprint density at radius 2 is 1.88 bits per heavy atom. The lowest BCUT2D eigenvalue weighted by molar-refractivity contribution is 0.197. The molecule has 5 atom stereocenters. The van der Waals surface area contributed by atoms with Gasteiger partial charge in [-0.2, -0.15) is 15.8 Å². The van der Waals surface area contributed by atoms with Crippen LogP contribution >= 0.6 is 0 Å². The van der Waals surface area contributed by atoms with Crippen LogP contribution in [0, 0.1) is 63.6 Å². The number of fused-ring (bicyclic) bond motifs is 2. The topological polar surface area (TPSA) is 71.4 Å². The molecule has 0 aromatic carbocycles. The third-order valence-corrected chi connectivity index (χ3v) is 4.41. The summed E-state index contributed by atoms with van der Waals surface area (Å²) in [4.78, 5) is 0. The highest BCUT2D eigenvalue weighted by molar-refractivity contribution is 5.09. The minimum Gasteiger partial charge on any atom is -0.198 e. The van der Waals surface area contributed by atoms with Crippen LogP contribution < -0.4 is 0 Å². The lowest BCUT2D eigenvalue weighted by Crippen LogP contribution is -2.27. The molecule has 2 rings (SSSR count). The minimum absolute atomic E-state index is 0.102. The Morgan fingerprint density at radius 3 is 2.50 bits per heavy atom. The summed E-state index contributed by atoms with van der Waals surface area (Å²) >= 11 is 0. The Balaban J connectivity index is 2.05. The average Bonchev–Trinajstić information content (AvgIpc) is 2.83. The molecule has 3 nitrogen and oxygen atoms in total. The summed E-state index contributed by atoms with van der Waals surface area (Å²) in [6.45, 7) is 0. The van der Waals surface area contributed by atoms with Gasteiger partial charge in [0.2, 0.25) is 0 Å². The molecule has 2 aliphatic carbocycles. The molecule has 2 fully saturated rings. The second-order valence-electron chi connectivity index (χ2n) is 5.03. The molecule has 2 saturated carbocycles. The Kier molecular flexibility index (Phi) is 3.12. The molecule has 0 radical (unpaired) electrons. The number of hydrogen-bond donors (Lipinski definition) is 0. The van der Waals surface area contributed by atoms with Crippen molar-refractivity contribution in [3.8, 4) is 18.2 Å². The van der Waals surface area contributed by atoms with Gasteiger partial charge in [-0.1, -0.05) is 0 Å². The molecule has 2 aliphatic rings. The van der Waals surface area contributed by atoms with Crippen molar-refractivity contribution in [2.45, 2.75) is 32.1 Å². The predicted molar refractivity (Wildman–Crippen MR) is 57.4 cm³/mol. The molecule has 5 unspecified atom stereocenters. The smallest absolute Gasteiger partial charge is 0.0661 e. The van der Waals surface area contributed by atoms with Crippen LogP contribution in [0.2, 0.25) is 0 Å². The molecule has 0 aliphatic heterocycles. The molecule has 0 N–H and O–H groups in total. The van der Waals surface area contributed by atoms with Gasteiger partial charge in [0, 0.05) is 12.8 Å². The highest BCUT2D eigenvalue weighted by Gasteiger charge is 2.51. The largest absolute Gasteiger partial charge is 0.198 e. The zero-order valence-electron chi connectivity index (χ0n) is 9.26. The van der Waals surface area contributed by atoms with Crippen molar-refractivity contribution in [2.24, 2.45) is 29.6 Å². The van der Waals surface area contributed by atoms with Gasteiger partial charge < -0.3 is 0 Å². The van der Waals surface area contributed by atoms with E-state index in [1.165, 1.54) is 0 Å². The molecule has 0 aromatic heterocycles. The molecule has 16 heavy (non-hydrogen) atoms. The summed E-state index contributed by atoms with van der Waals surface area (Å²) in [6.07, 6.45) is 4.25. The van der Waals surface area contributed by atoms with E-state index in [4.69, 9.17) is 10.5 Å². The summed E-state index contributed by atoms with van der Waals surface area (Å²) in [5, 5.41) is 26.6. The first kappa shape index (κ1) is 11.0. The van der Waals surface area contributed by atoms with Gasteiger partial charge in [0.1, 0.15) is 0 Å². The maximum atomic E-state index is 9.23. The number of rotatable bonds is 3. The maximum absolute atomic E-state index is 9.23. The molecule has 2 bridgehead atoms. The van der Waals surface area contributed by atoms with Gasteiger partial charge in [0.05, 0.1) is 24.1 Å². The number of nitrogens with zero attached hydrogens (tertiary/aromatic N) is 3. The van der Waals surface area contributed by atoms with Crippen LogP contribution in [-0.4, -0.2) is 0 Å². The molecule has 0 heterocycles. The number of nitriles is 3. The van der Waals surface area contributed by atoms with Gasteiger partial charge in [-0.25, -0.2) is 0 Å². The van der Waals surface area contributed by atoms with Gasteiger partial charge in [-0.15, -0.1) is 0 Å². The first-order valence-electron chi connectivity index (χ1n) is 5.95. The van der Waals surface area contributed by atoms with E-state index in [1.807, 2.05) is 0 Å². The van der Waals surface area contributed by atoms with Gasteiger partial charge in [-0.05, 0) is 42.9 Å². The molecule has 3 heteroatoms. The van der Waals surface area contributed by atoms with Crippen LogP contribution in [0.5, 0.6) is 0 Å². The summed E-state index contributed by atoms with van der Waals surface area (Å²) in [5.41, 5.74) is 0. The third kappa shape index (κ3) is 1.66. The van der Waals surface area contributed by atoms with Gasteiger partial charge in [0.25, 0.3) is 0 Å². The monoisotopic (exact) mass is 213 g/mol. The molecule has 0 spiro atoms. The molecular weight excluding hydrogens is 198 g/mol. The molecule has 0 aromatic rings. The summed E-state index contributed by atoms with van der Waals surface area (Å²) < 4.78 is 0. The van der Waals surface area contributed by atoms with E-state index >= 15 is 0 Å². The van der Waals surface area contributed by atoms with Gasteiger partial charge in [0.15, 0.2) is 0 Å². The normalized spacial score (nSPS) is 39.9. The van der Waals surface area contributed by atoms with Crippen LogP contribution in [0.4, 0.5) is 0 Å². The zero-order chi connectivity index (χ0) is 11.5. The molecule has 82 valence electrons. The quantitative estimate of drug-likeness (QED) is 0.723. The first-order chi connectivity index (χ1) is 7.81. The second-order valence-corrected chi connectivity index (χ2v) is 5.03. The standard InChI is InChI=1S/C13H15N3/c14-4-1-2-11-10-6-9(3-5-15)12(7-10)13(11)8-16/h9-13H,1-3,6-7H2. The van der Waals surface area contributed by atoms with Crippen molar-refractivity contribution >= 4 is 0 Å². The highest BCUT2D eigenvalue weighted by Crippen LogP contribution is 2.57. The zero-order valence-corrected chi connectivity index (χ0v) is 9.26. The van der Waals surface area contributed by atoms with Crippen LogP contribution in [0.25, 0.3) is 0 Å². The average molecular weight is 213 g/mol. The van der Waals surface area contributed by atoms with Crippen molar-refractivity contribution in [1.82, 2.24) is 0 Å².